The predicted molar refractivity (Wildman–Crippen MR) is 96.7 cm³/mol. The first-order valence-corrected chi connectivity index (χ1v) is 7.81. The van der Waals surface area contributed by atoms with Crippen LogP contribution in [0.3, 0.4) is 0 Å². The lowest BCUT2D eigenvalue weighted by atomic mass is 10.1. The number of rotatable bonds is 7. The van der Waals surface area contributed by atoms with Gasteiger partial charge in [-0.1, -0.05) is 41.4 Å². The standard InChI is InChI=1S/C17H19Cl2NO.ClH/c1-2-21-17-8-5-14(11-16(17)19)12-20-10-9-13-3-6-15(18)7-4-13;/h3-8,11,20H,2,9-10,12H2,1H3;1H. The van der Waals surface area contributed by atoms with Crippen molar-refractivity contribution in [2.75, 3.05) is 13.2 Å². The fourth-order valence-electron chi connectivity index (χ4n) is 2.04. The summed E-state index contributed by atoms with van der Waals surface area (Å²) in [6.45, 7) is 4.27. The van der Waals surface area contributed by atoms with Crippen molar-refractivity contribution in [1.29, 1.82) is 0 Å². The molecule has 0 aliphatic heterocycles. The van der Waals surface area contributed by atoms with Gasteiger partial charge in [0.25, 0.3) is 0 Å². The Hall–Kier alpha value is -0.930. The predicted octanol–water partition coefficient (Wildman–Crippen LogP) is 5.15. The Morgan fingerprint density at radius 3 is 2.32 bits per heavy atom. The molecule has 120 valence electrons. The number of halogens is 3. The van der Waals surface area contributed by atoms with E-state index >= 15 is 0 Å². The van der Waals surface area contributed by atoms with Gasteiger partial charge in [0.05, 0.1) is 11.6 Å². The second kappa shape index (κ2) is 9.96. The van der Waals surface area contributed by atoms with E-state index in [4.69, 9.17) is 27.9 Å². The van der Waals surface area contributed by atoms with Crippen molar-refractivity contribution in [3.8, 4) is 5.75 Å². The molecule has 0 unspecified atom stereocenters. The zero-order valence-electron chi connectivity index (χ0n) is 12.4. The molecule has 0 atom stereocenters. The van der Waals surface area contributed by atoms with Crippen LogP contribution in [0, 0.1) is 0 Å². The zero-order chi connectivity index (χ0) is 15.1. The van der Waals surface area contributed by atoms with Gasteiger partial charge in [-0.25, -0.2) is 0 Å². The third-order valence-electron chi connectivity index (χ3n) is 3.13. The van der Waals surface area contributed by atoms with Crippen LogP contribution in [0.5, 0.6) is 5.75 Å². The Bertz CT molecular complexity index is 573. The highest BCUT2D eigenvalue weighted by molar-refractivity contribution is 6.32. The normalized spacial score (nSPS) is 10.1. The Morgan fingerprint density at radius 1 is 1.00 bits per heavy atom. The fraction of sp³-hybridized carbons (Fsp3) is 0.294. The average molecular weight is 361 g/mol. The van der Waals surface area contributed by atoms with Crippen molar-refractivity contribution < 1.29 is 4.74 Å². The number of nitrogens with one attached hydrogen (secondary N) is 1. The lowest BCUT2D eigenvalue weighted by Gasteiger charge is -2.09. The summed E-state index contributed by atoms with van der Waals surface area (Å²) >= 11 is 12.0. The molecule has 2 aromatic carbocycles. The molecular weight excluding hydrogens is 341 g/mol. The summed E-state index contributed by atoms with van der Waals surface area (Å²) in [5, 5.41) is 4.85. The number of hydrogen-bond donors (Lipinski definition) is 1. The number of ether oxygens (including phenoxy) is 1. The van der Waals surface area contributed by atoms with Crippen LogP contribution in [-0.2, 0) is 13.0 Å². The van der Waals surface area contributed by atoms with Gasteiger partial charge in [-0.3, -0.25) is 0 Å². The molecule has 0 radical (unpaired) electrons. The maximum absolute atomic E-state index is 6.17. The van der Waals surface area contributed by atoms with Crippen molar-refractivity contribution in [2.24, 2.45) is 0 Å². The Labute approximate surface area is 148 Å². The minimum Gasteiger partial charge on any atom is -0.492 e. The monoisotopic (exact) mass is 359 g/mol. The van der Waals surface area contributed by atoms with E-state index in [-0.39, 0.29) is 12.4 Å². The molecule has 1 N–H and O–H groups in total. The minimum absolute atomic E-state index is 0. The Morgan fingerprint density at radius 2 is 1.68 bits per heavy atom. The molecule has 22 heavy (non-hydrogen) atoms. The third kappa shape index (κ3) is 6.05. The highest BCUT2D eigenvalue weighted by atomic mass is 35.5. The lowest BCUT2D eigenvalue weighted by molar-refractivity contribution is 0.340. The molecule has 0 spiro atoms. The van der Waals surface area contributed by atoms with Crippen molar-refractivity contribution in [1.82, 2.24) is 5.32 Å². The summed E-state index contributed by atoms with van der Waals surface area (Å²) in [5.41, 5.74) is 2.43. The van der Waals surface area contributed by atoms with E-state index in [0.29, 0.717) is 11.6 Å². The van der Waals surface area contributed by atoms with Crippen molar-refractivity contribution in [3.05, 3.63) is 63.6 Å². The van der Waals surface area contributed by atoms with Gasteiger partial charge in [-0.2, -0.15) is 0 Å². The second-order valence-corrected chi connectivity index (χ2v) is 5.59. The van der Waals surface area contributed by atoms with Gasteiger partial charge >= 0.3 is 0 Å². The van der Waals surface area contributed by atoms with Gasteiger partial charge in [-0.15, -0.1) is 12.4 Å². The summed E-state index contributed by atoms with van der Waals surface area (Å²) in [6.07, 6.45) is 0.974. The summed E-state index contributed by atoms with van der Waals surface area (Å²) in [5.74, 6) is 0.740. The molecule has 2 rings (SSSR count). The van der Waals surface area contributed by atoms with Crippen LogP contribution in [0.25, 0.3) is 0 Å². The SMILES string of the molecule is CCOc1ccc(CNCCc2ccc(Cl)cc2)cc1Cl.Cl. The molecule has 0 aliphatic rings. The smallest absolute Gasteiger partial charge is 0.137 e. The summed E-state index contributed by atoms with van der Waals surface area (Å²) in [4.78, 5) is 0. The van der Waals surface area contributed by atoms with E-state index in [1.165, 1.54) is 5.56 Å². The molecule has 0 heterocycles. The van der Waals surface area contributed by atoms with Crippen LogP contribution in [0.15, 0.2) is 42.5 Å². The van der Waals surface area contributed by atoms with E-state index < -0.39 is 0 Å². The van der Waals surface area contributed by atoms with Crippen LogP contribution in [-0.4, -0.2) is 13.2 Å². The van der Waals surface area contributed by atoms with Crippen LogP contribution in [0.2, 0.25) is 10.0 Å². The maximum Gasteiger partial charge on any atom is 0.137 e. The van der Waals surface area contributed by atoms with Crippen LogP contribution >= 0.6 is 35.6 Å². The van der Waals surface area contributed by atoms with Crippen molar-refractivity contribution >= 4 is 35.6 Å². The van der Waals surface area contributed by atoms with Gasteiger partial charge in [0, 0.05) is 11.6 Å². The fourth-order valence-corrected chi connectivity index (χ4v) is 2.43. The number of benzene rings is 2. The first kappa shape index (κ1) is 19.1. The highest BCUT2D eigenvalue weighted by Gasteiger charge is 2.02. The molecule has 0 saturated carbocycles. The van der Waals surface area contributed by atoms with Gasteiger partial charge in [0.15, 0.2) is 0 Å². The molecule has 2 nitrogen and oxygen atoms in total. The third-order valence-corrected chi connectivity index (χ3v) is 3.68. The Balaban J connectivity index is 0.00000242. The van der Waals surface area contributed by atoms with Gasteiger partial charge in [0.1, 0.15) is 5.75 Å². The van der Waals surface area contributed by atoms with E-state index in [1.54, 1.807) is 0 Å². The van der Waals surface area contributed by atoms with Gasteiger partial charge in [0.2, 0.25) is 0 Å². The van der Waals surface area contributed by atoms with Gasteiger partial charge in [-0.05, 0) is 55.3 Å². The van der Waals surface area contributed by atoms with E-state index in [2.05, 4.69) is 17.4 Å². The quantitative estimate of drug-likeness (QED) is 0.690. The largest absolute Gasteiger partial charge is 0.492 e. The van der Waals surface area contributed by atoms with E-state index in [9.17, 15) is 0 Å². The summed E-state index contributed by atoms with van der Waals surface area (Å²) in [6, 6.07) is 13.8. The molecule has 0 aromatic heterocycles. The van der Waals surface area contributed by atoms with Gasteiger partial charge < -0.3 is 10.1 Å². The van der Waals surface area contributed by atoms with Crippen molar-refractivity contribution in [3.63, 3.8) is 0 Å². The van der Waals surface area contributed by atoms with Crippen LogP contribution in [0.4, 0.5) is 0 Å². The molecule has 0 fully saturated rings. The molecule has 5 heteroatoms. The Kier molecular flexibility index (Phi) is 8.66. The lowest BCUT2D eigenvalue weighted by Crippen LogP contribution is -2.16. The highest BCUT2D eigenvalue weighted by Crippen LogP contribution is 2.25. The minimum atomic E-state index is 0. The molecule has 0 amide bonds. The van der Waals surface area contributed by atoms with Crippen molar-refractivity contribution in [2.45, 2.75) is 19.9 Å². The average Bonchev–Trinajstić information content (AvgIpc) is 2.48. The first-order valence-electron chi connectivity index (χ1n) is 7.05. The summed E-state index contributed by atoms with van der Waals surface area (Å²) in [7, 11) is 0. The zero-order valence-corrected chi connectivity index (χ0v) is 14.8. The first-order chi connectivity index (χ1) is 10.2. The van der Waals surface area contributed by atoms with Crippen LogP contribution in [0.1, 0.15) is 18.1 Å². The van der Waals surface area contributed by atoms with Crippen LogP contribution < -0.4 is 10.1 Å². The molecule has 0 saturated heterocycles. The number of hydrogen-bond acceptors (Lipinski definition) is 2. The second-order valence-electron chi connectivity index (χ2n) is 4.75. The topological polar surface area (TPSA) is 21.3 Å². The maximum atomic E-state index is 6.17. The molecule has 0 bridgehead atoms. The summed E-state index contributed by atoms with van der Waals surface area (Å²) < 4.78 is 5.42. The molecular formula is C17H20Cl3NO. The van der Waals surface area contributed by atoms with E-state index in [1.807, 2.05) is 37.3 Å². The molecule has 0 aliphatic carbocycles. The molecule has 2 aromatic rings. The van der Waals surface area contributed by atoms with E-state index in [0.717, 1.165) is 35.8 Å².